The van der Waals surface area contributed by atoms with Gasteiger partial charge >= 0.3 is 0 Å². The lowest BCUT2D eigenvalue weighted by molar-refractivity contribution is 0.482. The van der Waals surface area contributed by atoms with E-state index >= 15 is 0 Å². The van der Waals surface area contributed by atoms with Gasteiger partial charge in [-0.15, -0.1) is 0 Å². The largest absolute Gasteiger partial charge is 0.352 e. The Morgan fingerprint density at radius 2 is 1.95 bits per heavy atom. The Bertz CT molecular complexity index is 521. The molecule has 0 spiro atoms. The van der Waals surface area contributed by atoms with Gasteiger partial charge in [0.2, 0.25) is 10.0 Å². The zero-order valence-electron chi connectivity index (χ0n) is 13.1. The smallest absolute Gasteiger partial charge is 0.242 e. The van der Waals surface area contributed by atoms with Crippen LogP contribution in [0.2, 0.25) is 0 Å². The molecule has 0 aliphatic carbocycles. The lowest BCUT2D eigenvalue weighted by Gasteiger charge is -2.15. The summed E-state index contributed by atoms with van der Waals surface area (Å²) in [5, 5.41) is 3.20. The molecule has 1 unspecified atom stereocenters. The topological polar surface area (TPSA) is 63.1 Å². The van der Waals surface area contributed by atoms with Crippen molar-refractivity contribution in [2.45, 2.75) is 51.6 Å². The predicted octanol–water partition coefficient (Wildman–Crippen LogP) is 1.85. The van der Waals surface area contributed by atoms with E-state index in [9.17, 15) is 8.42 Å². The third-order valence-corrected chi connectivity index (χ3v) is 4.69. The van der Waals surface area contributed by atoms with Gasteiger partial charge in [-0.1, -0.05) is 20.8 Å². The number of aryl methyl sites for hydroxylation is 1. The van der Waals surface area contributed by atoms with Crippen LogP contribution < -0.4 is 10.0 Å². The molecule has 0 aliphatic heterocycles. The minimum Gasteiger partial charge on any atom is -0.352 e. The first-order chi connectivity index (χ1) is 9.26. The maximum atomic E-state index is 12.3. The minimum atomic E-state index is -3.43. The highest BCUT2D eigenvalue weighted by atomic mass is 32.2. The molecule has 0 fully saturated rings. The molecule has 0 radical (unpaired) electrons. The molecular formula is C14H27N3O2S. The molecule has 0 aliphatic rings. The van der Waals surface area contributed by atoms with Crippen LogP contribution in [0.1, 0.15) is 39.8 Å². The molecule has 0 saturated heterocycles. The fraction of sp³-hybridized carbons (Fsp3) is 0.714. The van der Waals surface area contributed by atoms with Crippen LogP contribution in [0, 0.1) is 5.92 Å². The molecule has 0 bridgehead atoms. The first kappa shape index (κ1) is 17.2. The Hall–Kier alpha value is -0.850. The van der Waals surface area contributed by atoms with Crippen molar-refractivity contribution in [3.05, 3.63) is 18.0 Å². The fourth-order valence-electron chi connectivity index (χ4n) is 2.24. The second-order valence-electron chi connectivity index (χ2n) is 5.71. The van der Waals surface area contributed by atoms with E-state index in [1.807, 2.05) is 25.5 Å². The number of nitrogens with zero attached hydrogens (tertiary/aromatic N) is 1. The Labute approximate surface area is 122 Å². The third kappa shape index (κ3) is 4.92. The Morgan fingerprint density at radius 3 is 2.50 bits per heavy atom. The van der Waals surface area contributed by atoms with Crippen molar-refractivity contribution in [2.75, 3.05) is 6.54 Å². The van der Waals surface area contributed by atoms with Crippen molar-refractivity contribution in [1.29, 1.82) is 0 Å². The van der Waals surface area contributed by atoms with Gasteiger partial charge in [-0.25, -0.2) is 13.1 Å². The summed E-state index contributed by atoms with van der Waals surface area (Å²) in [6.45, 7) is 9.63. The van der Waals surface area contributed by atoms with Gasteiger partial charge in [0.1, 0.15) is 0 Å². The van der Waals surface area contributed by atoms with Crippen molar-refractivity contribution in [3.8, 4) is 0 Å². The Balaban J connectivity index is 2.82. The van der Waals surface area contributed by atoms with Crippen molar-refractivity contribution < 1.29 is 8.42 Å². The van der Waals surface area contributed by atoms with Crippen LogP contribution in [0.5, 0.6) is 0 Å². The first-order valence-corrected chi connectivity index (χ1v) is 8.62. The van der Waals surface area contributed by atoms with Gasteiger partial charge in [-0.2, -0.15) is 0 Å². The van der Waals surface area contributed by atoms with Crippen molar-refractivity contribution in [1.82, 2.24) is 14.6 Å². The zero-order valence-corrected chi connectivity index (χ0v) is 13.9. The molecule has 0 amide bonds. The molecule has 1 atom stereocenters. The molecule has 5 nitrogen and oxygen atoms in total. The molecule has 1 rings (SSSR count). The minimum absolute atomic E-state index is 0.0579. The van der Waals surface area contributed by atoms with Crippen molar-refractivity contribution in [2.24, 2.45) is 13.0 Å². The summed E-state index contributed by atoms with van der Waals surface area (Å²) < 4.78 is 29.2. The number of aromatic nitrogens is 1. The molecule has 20 heavy (non-hydrogen) atoms. The van der Waals surface area contributed by atoms with Crippen LogP contribution in [0.3, 0.4) is 0 Å². The molecule has 2 N–H and O–H groups in total. The van der Waals surface area contributed by atoms with Crippen LogP contribution in [0.15, 0.2) is 17.2 Å². The molecule has 1 aromatic rings. The summed E-state index contributed by atoms with van der Waals surface area (Å²) in [5.74, 6) is 0.466. The quantitative estimate of drug-likeness (QED) is 0.770. The lowest BCUT2D eigenvalue weighted by atomic mass is 10.1. The number of hydrogen-bond donors (Lipinski definition) is 2. The number of sulfonamides is 1. The standard InChI is InChI=1S/C14H27N3O2S/c1-6-15-9-13-8-14(10-17(13)5)20(18,19)16-12(4)7-11(2)3/h8,10-12,15-16H,6-7,9H2,1-5H3. The maximum Gasteiger partial charge on any atom is 0.242 e. The molecule has 1 aromatic heterocycles. The van der Waals surface area contributed by atoms with Crippen LogP contribution in [-0.2, 0) is 23.6 Å². The van der Waals surface area contributed by atoms with Crippen LogP contribution in [-0.4, -0.2) is 25.6 Å². The molecule has 6 heteroatoms. The third-order valence-electron chi connectivity index (χ3n) is 3.13. The molecule has 1 heterocycles. The van der Waals surface area contributed by atoms with Gasteiger partial charge < -0.3 is 9.88 Å². The summed E-state index contributed by atoms with van der Waals surface area (Å²) in [4.78, 5) is 0.337. The van der Waals surface area contributed by atoms with Crippen molar-refractivity contribution in [3.63, 3.8) is 0 Å². The van der Waals surface area contributed by atoms with Gasteiger partial charge in [-0.05, 0) is 31.9 Å². The molecule has 116 valence electrons. The monoisotopic (exact) mass is 301 g/mol. The summed E-state index contributed by atoms with van der Waals surface area (Å²) >= 11 is 0. The van der Waals surface area contributed by atoms with E-state index in [1.54, 1.807) is 12.3 Å². The average molecular weight is 301 g/mol. The van der Waals surface area contributed by atoms with Gasteiger partial charge in [0.15, 0.2) is 0 Å². The van der Waals surface area contributed by atoms with E-state index in [-0.39, 0.29) is 6.04 Å². The SMILES string of the molecule is CCNCc1cc(S(=O)(=O)NC(C)CC(C)C)cn1C. The summed E-state index contributed by atoms with van der Waals surface area (Å²) in [7, 11) is -1.57. The van der Waals surface area contributed by atoms with E-state index in [4.69, 9.17) is 0 Å². The van der Waals surface area contributed by atoms with Crippen LogP contribution in [0.4, 0.5) is 0 Å². The van der Waals surface area contributed by atoms with Gasteiger partial charge in [-0.3, -0.25) is 0 Å². The Morgan fingerprint density at radius 1 is 1.30 bits per heavy atom. The summed E-state index contributed by atoms with van der Waals surface area (Å²) in [6, 6.07) is 1.67. The maximum absolute atomic E-state index is 12.3. The van der Waals surface area contributed by atoms with E-state index in [0.29, 0.717) is 17.4 Å². The molecular weight excluding hydrogens is 274 g/mol. The van der Waals surface area contributed by atoms with Gasteiger partial charge in [0.05, 0.1) is 4.90 Å². The lowest BCUT2D eigenvalue weighted by Crippen LogP contribution is -2.33. The number of nitrogens with one attached hydrogen (secondary N) is 2. The fourth-order valence-corrected chi connectivity index (χ4v) is 3.59. The summed E-state index contributed by atoms with van der Waals surface area (Å²) in [5.41, 5.74) is 0.962. The summed E-state index contributed by atoms with van der Waals surface area (Å²) in [6.07, 6.45) is 2.49. The van der Waals surface area contributed by atoms with Gasteiger partial charge in [0, 0.05) is 31.5 Å². The highest BCUT2D eigenvalue weighted by molar-refractivity contribution is 7.89. The van der Waals surface area contributed by atoms with E-state index in [0.717, 1.165) is 18.7 Å². The van der Waals surface area contributed by atoms with E-state index < -0.39 is 10.0 Å². The van der Waals surface area contributed by atoms with E-state index in [1.165, 1.54) is 0 Å². The van der Waals surface area contributed by atoms with Gasteiger partial charge in [0.25, 0.3) is 0 Å². The second kappa shape index (κ2) is 7.24. The second-order valence-corrected chi connectivity index (χ2v) is 7.42. The number of rotatable bonds is 8. The van der Waals surface area contributed by atoms with E-state index in [2.05, 4.69) is 23.9 Å². The van der Waals surface area contributed by atoms with Crippen LogP contribution in [0.25, 0.3) is 0 Å². The normalized spacial score (nSPS) is 13.9. The number of hydrogen-bond acceptors (Lipinski definition) is 3. The van der Waals surface area contributed by atoms with Crippen molar-refractivity contribution >= 4 is 10.0 Å². The average Bonchev–Trinajstić information content (AvgIpc) is 2.67. The first-order valence-electron chi connectivity index (χ1n) is 7.14. The predicted molar refractivity (Wildman–Crippen MR) is 82.0 cm³/mol. The molecule has 0 saturated carbocycles. The highest BCUT2D eigenvalue weighted by Crippen LogP contribution is 2.15. The zero-order chi connectivity index (χ0) is 15.3. The Kier molecular flexibility index (Phi) is 6.23. The molecule has 0 aromatic carbocycles. The highest BCUT2D eigenvalue weighted by Gasteiger charge is 2.20. The van der Waals surface area contributed by atoms with Crippen LogP contribution >= 0.6 is 0 Å².